The van der Waals surface area contributed by atoms with Crippen LogP contribution < -0.4 is 5.73 Å². The number of allylic oxidation sites excluding steroid dienone is 6. The summed E-state index contributed by atoms with van der Waals surface area (Å²) in [6.07, 6.45) is 12.7. The van der Waals surface area contributed by atoms with E-state index in [0.717, 1.165) is 18.5 Å². The molecule has 2 N–H and O–H groups in total. The Hall–Kier alpha value is -1.24. The second-order valence-electron chi connectivity index (χ2n) is 2.84. The van der Waals surface area contributed by atoms with Crippen molar-refractivity contribution in [3.8, 4) is 0 Å². The molecule has 0 radical (unpaired) electrons. The van der Waals surface area contributed by atoms with Crippen LogP contribution in [0, 0.1) is 0 Å². The fourth-order valence-corrected chi connectivity index (χ4v) is 1.50. The van der Waals surface area contributed by atoms with Crippen LogP contribution in [0.1, 0.15) is 12.8 Å². The first-order valence-electron chi connectivity index (χ1n) is 3.90. The first-order valence-corrected chi connectivity index (χ1v) is 3.90. The lowest BCUT2D eigenvalue weighted by molar-refractivity contribution is 1.23. The molecule has 0 aromatic carbocycles. The lowest BCUT2D eigenvalue weighted by Crippen LogP contribution is -1.99. The van der Waals surface area contributed by atoms with Crippen molar-refractivity contribution in [2.75, 3.05) is 0 Å². The van der Waals surface area contributed by atoms with Crippen LogP contribution in [-0.2, 0) is 0 Å². The Balaban J connectivity index is 2.24. The molecular weight excluding hydrogens is 134 g/mol. The summed E-state index contributed by atoms with van der Waals surface area (Å²) in [6, 6.07) is 0. The highest BCUT2D eigenvalue weighted by molar-refractivity contribution is 5.52. The van der Waals surface area contributed by atoms with Gasteiger partial charge >= 0.3 is 0 Å². The lowest BCUT2D eigenvalue weighted by atomic mass is 10.1. The number of hydrogen-bond acceptors (Lipinski definition) is 1. The van der Waals surface area contributed by atoms with Crippen LogP contribution in [0.4, 0.5) is 0 Å². The summed E-state index contributed by atoms with van der Waals surface area (Å²) in [5, 5.41) is 0. The zero-order valence-corrected chi connectivity index (χ0v) is 6.38. The maximum atomic E-state index is 5.78. The van der Waals surface area contributed by atoms with Gasteiger partial charge in [0.1, 0.15) is 0 Å². The average Bonchev–Trinajstić information content (AvgIpc) is 2.55. The maximum absolute atomic E-state index is 5.78. The van der Waals surface area contributed by atoms with E-state index in [1.54, 1.807) is 0 Å². The first-order chi connectivity index (χ1) is 5.38. The minimum absolute atomic E-state index is 0.944. The molecule has 0 amide bonds. The van der Waals surface area contributed by atoms with E-state index in [1.165, 1.54) is 11.1 Å². The molecule has 2 aliphatic carbocycles. The van der Waals surface area contributed by atoms with Crippen molar-refractivity contribution >= 4 is 0 Å². The Morgan fingerprint density at radius 2 is 2.18 bits per heavy atom. The standard InChI is InChI=1S/C10H11N/c11-10-7-3-6-9(10)8-4-1-2-5-8/h1-2,4,6-7H,3,5,11H2. The minimum Gasteiger partial charge on any atom is -0.398 e. The second-order valence-corrected chi connectivity index (χ2v) is 2.84. The fourth-order valence-electron chi connectivity index (χ4n) is 1.50. The van der Waals surface area contributed by atoms with E-state index >= 15 is 0 Å². The Morgan fingerprint density at radius 3 is 2.73 bits per heavy atom. The largest absolute Gasteiger partial charge is 0.398 e. The zero-order valence-electron chi connectivity index (χ0n) is 6.38. The summed E-state index contributed by atoms with van der Waals surface area (Å²) in [7, 11) is 0. The SMILES string of the molecule is NC1=CCC=C1C1=CC=CC1. The van der Waals surface area contributed by atoms with Crippen LogP contribution in [0.15, 0.2) is 47.2 Å². The van der Waals surface area contributed by atoms with Gasteiger partial charge in [-0.1, -0.05) is 30.4 Å². The molecule has 2 aliphatic rings. The average molecular weight is 145 g/mol. The van der Waals surface area contributed by atoms with Crippen molar-refractivity contribution < 1.29 is 0 Å². The third-order valence-electron chi connectivity index (χ3n) is 2.09. The van der Waals surface area contributed by atoms with Crippen molar-refractivity contribution in [1.29, 1.82) is 0 Å². The molecule has 0 heterocycles. The topological polar surface area (TPSA) is 26.0 Å². The van der Waals surface area contributed by atoms with E-state index in [4.69, 9.17) is 5.73 Å². The van der Waals surface area contributed by atoms with E-state index in [1.807, 2.05) is 0 Å². The van der Waals surface area contributed by atoms with Gasteiger partial charge in [-0.3, -0.25) is 0 Å². The van der Waals surface area contributed by atoms with Crippen molar-refractivity contribution in [3.05, 3.63) is 47.2 Å². The molecule has 0 atom stereocenters. The van der Waals surface area contributed by atoms with Gasteiger partial charge in [-0.15, -0.1) is 0 Å². The molecule has 0 aromatic heterocycles. The Bertz CT molecular complexity index is 290. The van der Waals surface area contributed by atoms with Gasteiger partial charge in [-0.05, 0) is 24.0 Å². The normalized spacial score (nSPS) is 21.6. The summed E-state index contributed by atoms with van der Waals surface area (Å²) in [4.78, 5) is 0. The second kappa shape index (κ2) is 2.42. The van der Waals surface area contributed by atoms with E-state index in [9.17, 15) is 0 Å². The van der Waals surface area contributed by atoms with Crippen molar-refractivity contribution in [2.24, 2.45) is 5.73 Å². The van der Waals surface area contributed by atoms with Crippen LogP contribution in [-0.4, -0.2) is 0 Å². The van der Waals surface area contributed by atoms with Crippen LogP contribution in [0.3, 0.4) is 0 Å². The Labute approximate surface area is 66.6 Å². The van der Waals surface area contributed by atoms with Gasteiger partial charge in [-0.2, -0.15) is 0 Å². The smallest absolute Gasteiger partial charge is 0.0350 e. The van der Waals surface area contributed by atoms with Crippen LogP contribution in [0.25, 0.3) is 0 Å². The molecule has 1 nitrogen and oxygen atoms in total. The lowest BCUT2D eigenvalue weighted by Gasteiger charge is -2.03. The van der Waals surface area contributed by atoms with Gasteiger partial charge in [0.25, 0.3) is 0 Å². The molecule has 0 bridgehead atoms. The highest BCUT2D eigenvalue weighted by atomic mass is 14.6. The summed E-state index contributed by atoms with van der Waals surface area (Å²) >= 11 is 0. The predicted molar refractivity (Wildman–Crippen MR) is 46.8 cm³/mol. The van der Waals surface area contributed by atoms with E-state index in [-0.39, 0.29) is 0 Å². The van der Waals surface area contributed by atoms with Gasteiger partial charge in [0, 0.05) is 5.70 Å². The van der Waals surface area contributed by atoms with Gasteiger partial charge in [0.05, 0.1) is 0 Å². The summed E-state index contributed by atoms with van der Waals surface area (Å²) in [5.41, 5.74) is 9.33. The maximum Gasteiger partial charge on any atom is 0.0350 e. The number of nitrogens with two attached hydrogens (primary N) is 1. The molecule has 0 saturated heterocycles. The highest BCUT2D eigenvalue weighted by Gasteiger charge is 2.11. The third-order valence-corrected chi connectivity index (χ3v) is 2.09. The van der Waals surface area contributed by atoms with E-state index in [0.29, 0.717) is 0 Å². The molecule has 0 unspecified atom stereocenters. The molecule has 0 fully saturated rings. The first kappa shape index (κ1) is 6.47. The number of hydrogen-bond donors (Lipinski definition) is 1. The van der Waals surface area contributed by atoms with Crippen LogP contribution in [0.5, 0.6) is 0 Å². The molecule has 1 heteroatoms. The molecule has 0 saturated carbocycles. The molecule has 2 rings (SSSR count). The molecule has 0 aliphatic heterocycles. The summed E-state index contributed by atoms with van der Waals surface area (Å²) in [6.45, 7) is 0. The van der Waals surface area contributed by atoms with Crippen molar-refractivity contribution in [3.63, 3.8) is 0 Å². The van der Waals surface area contributed by atoms with Gasteiger partial charge < -0.3 is 5.73 Å². The molecule has 0 spiro atoms. The molecule has 11 heavy (non-hydrogen) atoms. The van der Waals surface area contributed by atoms with Crippen molar-refractivity contribution in [1.82, 2.24) is 0 Å². The fraction of sp³-hybridized carbons (Fsp3) is 0.200. The summed E-state index contributed by atoms with van der Waals surface area (Å²) < 4.78 is 0. The Kier molecular flexibility index (Phi) is 1.42. The monoisotopic (exact) mass is 145 g/mol. The Morgan fingerprint density at radius 1 is 1.27 bits per heavy atom. The summed E-state index contributed by atoms with van der Waals surface area (Å²) in [5.74, 6) is 0. The minimum atomic E-state index is 0.944. The van der Waals surface area contributed by atoms with Crippen LogP contribution >= 0.6 is 0 Å². The van der Waals surface area contributed by atoms with Gasteiger partial charge in [-0.25, -0.2) is 0 Å². The van der Waals surface area contributed by atoms with E-state index in [2.05, 4.69) is 30.4 Å². The molecule has 0 aromatic rings. The van der Waals surface area contributed by atoms with Gasteiger partial charge in [0.2, 0.25) is 0 Å². The van der Waals surface area contributed by atoms with E-state index < -0.39 is 0 Å². The molecular formula is C10H11N. The molecule has 56 valence electrons. The predicted octanol–water partition coefficient (Wildman–Crippen LogP) is 2.05. The van der Waals surface area contributed by atoms with Gasteiger partial charge in [0.15, 0.2) is 0 Å². The number of rotatable bonds is 1. The highest BCUT2D eigenvalue weighted by Crippen LogP contribution is 2.27. The zero-order chi connectivity index (χ0) is 7.68. The van der Waals surface area contributed by atoms with Crippen molar-refractivity contribution in [2.45, 2.75) is 12.8 Å². The van der Waals surface area contributed by atoms with Crippen LogP contribution in [0.2, 0.25) is 0 Å². The third kappa shape index (κ3) is 1.03. The quantitative estimate of drug-likeness (QED) is 0.600.